The molecule has 2 heterocycles. The molecule has 2 rings (SSSR count). The number of aliphatic hydroxyl groups is 1. The van der Waals surface area contributed by atoms with Crippen LogP contribution in [0.15, 0.2) is 21.9 Å². The van der Waals surface area contributed by atoms with E-state index in [2.05, 4.69) is 4.98 Å². The lowest BCUT2D eigenvalue weighted by molar-refractivity contribution is -0.159. The Morgan fingerprint density at radius 2 is 1.97 bits per heavy atom. The molecule has 34 heavy (non-hydrogen) atoms. The Labute approximate surface area is 196 Å². The van der Waals surface area contributed by atoms with Crippen molar-refractivity contribution in [3.63, 3.8) is 0 Å². The fourth-order valence-corrected chi connectivity index (χ4v) is 4.49. The van der Waals surface area contributed by atoms with E-state index in [4.69, 9.17) is 27.8 Å². The predicted molar refractivity (Wildman–Crippen MR) is 118 cm³/mol. The average molecular weight is 508 g/mol. The molecule has 0 aromatic carbocycles. The lowest BCUT2D eigenvalue weighted by Crippen LogP contribution is -2.39. The Morgan fingerprint density at radius 3 is 2.53 bits per heavy atom. The van der Waals surface area contributed by atoms with E-state index in [-0.39, 0.29) is 19.8 Å². The van der Waals surface area contributed by atoms with Gasteiger partial charge in [-0.05, 0) is 34.6 Å². The number of nitrogens with zero attached hydrogens (tertiary/aromatic N) is 1. The molecule has 1 unspecified atom stereocenters. The van der Waals surface area contributed by atoms with Crippen LogP contribution in [0.5, 0.6) is 0 Å². The normalized spacial score (nSPS) is 24.8. The fourth-order valence-electron chi connectivity index (χ4n) is 2.94. The molecule has 0 aliphatic carbocycles. The molecule has 1 fully saturated rings. The maximum atomic E-state index is 13.3. The highest BCUT2D eigenvalue weighted by molar-refractivity contribution is 7.48. The molecule has 0 spiro atoms. The Hall–Kier alpha value is -1.86. The van der Waals surface area contributed by atoms with Gasteiger partial charge in [0.1, 0.15) is 24.9 Å². The summed E-state index contributed by atoms with van der Waals surface area (Å²) in [7, 11) is -2.82. The van der Waals surface area contributed by atoms with Gasteiger partial charge in [-0.15, -0.1) is 0 Å². The van der Waals surface area contributed by atoms with Gasteiger partial charge < -0.3 is 19.3 Å². The van der Waals surface area contributed by atoms with E-state index >= 15 is 0 Å². The van der Waals surface area contributed by atoms with Gasteiger partial charge in [-0.3, -0.25) is 32.7 Å². The van der Waals surface area contributed by atoms with Gasteiger partial charge in [-0.25, -0.2) is 9.36 Å². The van der Waals surface area contributed by atoms with Crippen LogP contribution < -0.4 is 11.2 Å². The quantitative estimate of drug-likeness (QED) is 0.248. The molecule has 2 N–H and O–H groups in total. The van der Waals surface area contributed by atoms with E-state index in [1.807, 2.05) is 0 Å². The monoisotopic (exact) mass is 508 g/mol. The van der Waals surface area contributed by atoms with Crippen molar-refractivity contribution >= 4 is 13.8 Å². The van der Waals surface area contributed by atoms with Crippen LogP contribution in [-0.2, 0) is 37.1 Å². The molecule has 13 nitrogen and oxygen atoms in total. The van der Waals surface area contributed by atoms with Crippen molar-refractivity contribution in [3.05, 3.63) is 33.1 Å². The van der Waals surface area contributed by atoms with Crippen LogP contribution in [0.2, 0.25) is 0 Å². The van der Waals surface area contributed by atoms with Crippen molar-refractivity contribution in [2.75, 3.05) is 26.9 Å². The number of carbonyl (C=O) groups excluding carboxylic acids is 1. The van der Waals surface area contributed by atoms with E-state index in [0.717, 1.165) is 16.8 Å². The Balaban J connectivity index is 2.35. The number of carbonyl (C=O) groups is 1. The number of ether oxygens (including phenoxy) is 3. The molecule has 5 atom stereocenters. The number of phosphoric acid groups is 1. The second-order valence-electron chi connectivity index (χ2n) is 8.92. The smallest absolute Gasteiger partial charge is 0.462 e. The largest absolute Gasteiger partial charge is 0.475 e. The second-order valence-corrected chi connectivity index (χ2v) is 10.5. The minimum absolute atomic E-state index is 0.0978. The van der Waals surface area contributed by atoms with Crippen LogP contribution in [0, 0.1) is 5.41 Å². The highest BCUT2D eigenvalue weighted by Crippen LogP contribution is 2.54. The molecule has 1 saturated heterocycles. The zero-order chi connectivity index (χ0) is 25.7. The number of esters is 1. The van der Waals surface area contributed by atoms with Crippen molar-refractivity contribution in [3.8, 4) is 0 Å². The number of H-pyrrole nitrogens is 1. The van der Waals surface area contributed by atoms with Gasteiger partial charge in [-0.2, -0.15) is 0 Å². The van der Waals surface area contributed by atoms with Crippen molar-refractivity contribution in [1.29, 1.82) is 0 Å². The average Bonchev–Trinajstić information content (AvgIpc) is 3.00. The summed E-state index contributed by atoms with van der Waals surface area (Å²) in [5.74, 6) is -0.549. The molecule has 194 valence electrons. The van der Waals surface area contributed by atoms with Gasteiger partial charge in [0, 0.05) is 19.4 Å². The number of phosphoric ester groups is 1. The minimum atomic E-state index is -4.25. The zero-order valence-corrected chi connectivity index (χ0v) is 21.0. The number of hydrogen-bond donors (Lipinski definition) is 2. The molecular formula is C20H33N2O11P. The Bertz CT molecular complexity index is 984. The molecule has 0 bridgehead atoms. The highest BCUT2D eigenvalue weighted by atomic mass is 31.2. The van der Waals surface area contributed by atoms with Gasteiger partial charge in [0.15, 0.2) is 6.23 Å². The second kappa shape index (κ2) is 11.7. The van der Waals surface area contributed by atoms with Gasteiger partial charge in [-0.1, -0.05) is 0 Å². The first-order valence-corrected chi connectivity index (χ1v) is 12.2. The van der Waals surface area contributed by atoms with Crippen molar-refractivity contribution in [1.82, 2.24) is 9.55 Å². The van der Waals surface area contributed by atoms with Crippen LogP contribution in [0.3, 0.4) is 0 Å². The number of methoxy groups -OCH3 is 1. The van der Waals surface area contributed by atoms with Crippen molar-refractivity contribution < 1.29 is 42.2 Å². The van der Waals surface area contributed by atoms with Gasteiger partial charge in [0.2, 0.25) is 0 Å². The van der Waals surface area contributed by atoms with Gasteiger partial charge in [0.05, 0.1) is 24.7 Å². The number of aliphatic hydroxyl groups excluding tert-OH is 1. The van der Waals surface area contributed by atoms with Gasteiger partial charge in [0.25, 0.3) is 5.56 Å². The Morgan fingerprint density at radius 1 is 1.29 bits per heavy atom. The number of hydrogen-bond acceptors (Lipinski definition) is 11. The fraction of sp³-hybridized carbons (Fsp3) is 0.750. The summed E-state index contributed by atoms with van der Waals surface area (Å²) in [6.07, 6.45) is -4.89. The van der Waals surface area contributed by atoms with Crippen LogP contribution in [0.25, 0.3) is 0 Å². The third kappa shape index (κ3) is 7.57. The number of aromatic amines is 1. The summed E-state index contributed by atoms with van der Waals surface area (Å²) in [4.78, 5) is 38.0. The summed E-state index contributed by atoms with van der Waals surface area (Å²) < 4.78 is 46.5. The SMILES string of the molecule is COCCOP(=O)(OC(C)C)O[C@H]1[C@@H](O)[C@H](n2ccc(=O)[nH]c2=O)O[C@@H]1COC(=O)C(C)(C)C. The molecule has 1 aromatic heterocycles. The third-order valence-electron chi connectivity index (χ3n) is 4.55. The summed E-state index contributed by atoms with van der Waals surface area (Å²) >= 11 is 0. The molecule has 0 saturated carbocycles. The molecule has 0 radical (unpaired) electrons. The van der Waals surface area contributed by atoms with E-state index in [1.165, 1.54) is 7.11 Å². The first-order chi connectivity index (χ1) is 15.8. The van der Waals surface area contributed by atoms with Crippen LogP contribution in [0.4, 0.5) is 0 Å². The van der Waals surface area contributed by atoms with Crippen molar-refractivity contribution in [2.45, 2.75) is 65.3 Å². The maximum Gasteiger partial charge on any atom is 0.475 e. The van der Waals surface area contributed by atoms with Crippen LogP contribution in [0.1, 0.15) is 40.8 Å². The van der Waals surface area contributed by atoms with Crippen molar-refractivity contribution in [2.24, 2.45) is 5.41 Å². The number of rotatable bonds is 11. The third-order valence-corrected chi connectivity index (χ3v) is 6.23. The number of aromatic nitrogens is 2. The molecule has 1 aliphatic heterocycles. The van der Waals surface area contributed by atoms with Crippen LogP contribution >= 0.6 is 7.82 Å². The summed E-state index contributed by atoms with van der Waals surface area (Å²) in [6, 6.07) is 1.07. The highest BCUT2D eigenvalue weighted by Gasteiger charge is 2.50. The summed E-state index contributed by atoms with van der Waals surface area (Å²) in [6.45, 7) is 7.79. The first kappa shape index (κ1) is 28.4. The molecule has 0 amide bonds. The summed E-state index contributed by atoms with van der Waals surface area (Å²) in [5.41, 5.74) is -2.30. The molecule has 1 aromatic rings. The molecule has 1 aliphatic rings. The molecular weight excluding hydrogens is 475 g/mol. The predicted octanol–water partition coefficient (Wildman–Crippen LogP) is 0.966. The Kier molecular flexibility index (Phi) is 9.78. The first-order valence-electron chi connectivity index (χ1n) is 10.7. The van der Waals surface area contributed by atoms with E-state index in [1.54, 1.807) is 34.6 Å². The van der Waals surface area contributed by atoms with Gasteiger partial charge >= 0.3 is 19.5 Å². The lowest BCUT2D eigenvalue weighted by Gasteiger charge is -2.27. The van der Waals surface area contributed by atoms with E-state index < -0.39 is 61.1 Å². The molecule has 14 heteroatoms. The maximum absolute atomic E-state index is 13.3. The zero-order valence-electron chi connectivity index (χ0n) is 20.1. The van der Waals surface area contributed by atoms with Crippen LogP contribution in [-0.4, -0.2) is 72.0 Å². The lowest BCUT2D eigenvalue weighted by atomic mass is 9.97. The topological polar surface area (TPSA) is 165 Å². The summed E-state index contributed by atoms with van der Waals surface area (Å²) in [5, 5.41) is 11.0. The minimum Gasteiger partial charge on any atom is -0.462 e. The standard InChI is InChI=1S/C20H33N2O11P/c1-12(2)32-34(27,30-10-9-28-6)33-16-13(11-29-18(25)20(3,4)5)31-17(15(16)24)22-8-7-14(23)21-19(22)26/h7-8,12-13,15-17,24H,9-11H2,1-6H3,(H,21,23,26)/t13-,15-,16-,17-,34?/m1/s1. The van der Waals surface area contributed by atoms with E-state index in [0.29, 0.717) is 0 Å². The van der Waals surface area contributed by atoms with E-state index in [9.17, 15) is 24.1 Å². The number of nitrogens with one attached hydrogen (secondary N) is 1.